The van der Waals surface area contributed by atoms with Crippen LogP contribution in [-0.2, 0) is 0 Å². The Morgan fingerprint density at radius 2 is 1.93 bits per heavy atom. The number of nitrogens with two attached hydrogens (primary N) is 2. The SMILES string of the molecule is NCCNCC(CCN)N1CCNCC1. The summed E-state index contributed by atoms with van der Waals surface area (Å²) in [5.41, 5.74) is 11.1. The van der Waals surface area contributed by atoms with Crippen LogP contribution in [0.15, 0.2) is 0 Å². The summed E-state index contributed by atoms with van der Waals surface area (Å²) in [6.45, 7) is 7.83. The zero-order valence-electron chi connectivity index (χ0n) is 9.54. The van der Waals surface area contributed by atoms with Gasteiger partial charge in [0.15, 0.2) is 0 Å². The van der Waals surface area contributed by atoms with Crippen molar-refractivity contribution >= 4 is 0 Å². The first kappa shape index (κ1) is 12.9. The van der Waals surface area contributed by atoms with Crippen LogP contribution in [0.3, 0.4) is 0 Å². The summed E-state index contributed by atoms with van der Waals surface area (Å²) < 4.78 is 0. The van der Waals surface area contributed by atoms with Crippen molar-refractivity contribution in [2.45, 2.75) is 12.5 Å². The van der Waals surface area contributed by atoms with E-state index in [0.717, 1.165) is 52.2 Å². The molecule has 0 spiro atoms. The zero-order valence-corrected chi connectivity index (χ0v) is 9.54. The van der Waals surface area contributed by atoms with E-state index >= 15 is 0 Å². The predicted octanol–water partition coefficient (Wildman–Crippen LogP) is -1.84. The van der Waals surface area contributed by atoms with Gasteiger partial charge in [-0.1, -0.05) is 0 Å². The highest BCUT2D eigenvalue weighted by atomic mass is 15.2. The molecule has 6 N–H and O–H groups in total. The number of nitrogens with zero attached hydrogens (tertiary/aromatic N) is 1. The van der Waals surface area contributed by atoms with E-state index in [-0.39, 0.29) is 0 Å². The minimum Gasteiger partial charge on any atom is -0.330 e. The van der Waals surface area contributed by atoms with Gasteiger partial charge < -0.3 is 22.1 Å². The number of rotatable bonds is 7. The second-order valence-electron chi connectivity index (χ2n) is 4.01. The molecule has 1 fully saturated rings. The van der Waals surface area contributed by atoms with Gasteiger partial charge >= 0.3 is 0 Å². The third-order valence-electron chi connectivity index (χ3n) is 2.87. The molecule has 0 saturated carbocycles. The first-order valence-electron chi connectivity index (χ1n) is 5.94. The van der Waals surface area contributed by atoms with E-state index in [9.17, 15) is 0 Å². The highest BCUT2D eigenvalue weighted by Gasteiger charge is 2.18. The maximum absolute atomic E-state index is 5.65. The average Bonchev–Trinajstić information content (AvgIpc) is 2.29. The van der Waals surface area contributed by atoms with Gasteiger partial charge in [-0.05, 0) is 13.0 Å². The van der Waals surface area contributed by atoms with Crippen molar-refractivity contribution in [2.24, 2.45) is 11.5 Å². The fraction of sp³-hybridized carbons (Fsp3) is 1.00. The maximum Gasteiger partial charge on any atom is 0.0233 e. The maximum atomic E-state index is 5.65. The average molecular weight is 215 g/mol. The molecule has 1 rings (SSSR count). The Bertz CT molecular complexity index is 147. The molecule has 5 nitrogen and oxygen atoms in total. The molecule has 1 aliphatic heterocycles. The molecular formula is C10H25N5. The van der Waals surface area contributed by atoms with Crippen molar-refractivity contribution in [2.75, 3.05) is 52.4 Å². The van der Waals surface area contributed by atoms with Crippen LogP contribution in [0, 0.1) is 0 Å². The van der Waals surface area contributed by atoms with E-state index in [0.29, 0.717) is 12.6 Å². The van der Waals surface area contributed by atoms with Gasteiger partial charge in [-0.3, -0.25) is 4.90 Å². The van der Waals surface area contributed by atoms with E-state index in [1.807, 2.05) is 0 Å². The molecule has 0 bridgehead atoms. The van der Waals surface area contributed by atoms with Crippen molar-refractivity contribution in [3.05, 3.63) is 0 Å². The van der Waals surface area contributed by atoms with E-state index in [4.69, 9.17) is 11.5 Å². The summed E-state index contributed by atoms with van der Waals surface area (Å²) in [7, 11) is 0. The van der Waals surface area contributed by atoms with Crippen LogP contribution in [0.2, 0.25) is 0 Å². The first-order chi connectivity index (χ1) is 7.38. The molecule has 0 amide bonds. The van der Waals surface area contributed by atoms with Gasteiger partial charge in [-0.15, -0.1) is 0 Å². The Morgan fingerprint density at radius 3 is 2.53 bits per heavy atom. The molecule has 5 heteroatoms. The minimum atomic E-state index is 0.573. The van der Waals surface area contributed by atoms with Gasteiger partial charge in [0.2, 0.25) is 0 Å². The minimum absolute atomic E-state index is 0.573. The molecule has 0 aromatic heterocycles. The lowest BCUT2D eigenvalue weighted by Gasteiger charge is -2.35. The van der Waals surface area contributed by atoms with Crippen LogP contribution in [0.25, 0.3) is 0 Å². The summed E-state index contributed by atoms with van der Waals surface area (Å²) in [6, 6.07) is 0.573. The molecular weight excluding hydrogens is 190 g/mol. The standard InChI is InChI=1S/C10H25N5/c11-2-1-10(9-14-4-3-12)15-7-5-13-6-8-15/h10,13-14H,1-9,11-12H2. The quantitative estimate of drug-likeness (QED) is 0.375. The summed E-state index contributed by atoms with van der Waals surface area (Å²) in [5, 5.41) is 6.74. The fourth-order valence-electron chi connectivity index (χ4n) is 2.02. The van der Waals surface area contributed by atoms with Crippen molar-refractivity contribution in [3.63, 3.8) is 0 Å². The smallest absolute Gasteiger partial charge is 0.0233 e. The molecule has 1 aliphatic rings. The van der Waals surface area contributed by atoms with E-state index in [2.05, 4.69) is 15.5 Å². The van der Waals surface area contributed by atoms with E-state index in [1.165, 1.54) is 0 Å². The molecule has 1 saturated heterocycles. The monoisotopic (exact) mass is 215 g/mol. The topological polar surface area (TPSA) is 79.3 Å². The highest BCUT2D eigenvalue weighted by Crippen LogP contribution is 2.04. The summed E-state index contributed by atoms with van der Waals surface area (Å²) in [5.74, 6) is 0. The highest BCUT2D eigenvalue weighted by molar-refractivity contribution is 4.78. The van der Waals surface area contributed by atoms with Crippen molar-refractivity contribution in [3.8, 4) is 0 Å². The molecule has 15 heavy (non-hydrogen) atoms. The third-order valence-corrected chi connectivity index (χ3v) is 2.87. The molecule has 90 valence electrons. The number of hydrogen-bond acceptors (Lipinski definition) is 5. The Kier molecular flexibility index (Phi) is 6.87. The Labute approximate surface area is 92.6 Å². The van der Waals surface area contributed by atoms with Gasteiger partial charge in [-0.25, -0.2) is 0 Å². The molecule has 1 atom stereocenters. The summed E-state index contributed by atoms with van der Waals surface area (Å²) in [4.78, 5) is 2.52. The zero-order chi connectivity index (χ0) is 10.9. The fourth-order valence-corrected chi connectivity index (χ4v) is 2.02. The van der Waals surface area contributed by atoms with Crippen LogP contribution in [0.4, 0.5) is 0 Å². The van der Waals surface area contributed by atoms with Gasteiger partial charge in [-0.2, -0.15) is 0 Å². The molecule has 1 unspecified atom stereocenters. The first-order valence-corrected chi connectivity index (χ1v) is 5.94. The van der Waals surface area contributed by atoms with Gasteiger partial charge in [0.1, 0.15) is 0 Å². The lowest BCUT2D eigenvalue weighted by Crippen LogP contribution is -2.52. The number of hydrogen-bond donors (Lipinski definition) is 4. The van der Waals surface area contributed by atoms with E-state index < -0.39 is 0 Å². The number of nitrogens with one attached hydrogen (secondary N) is 2. The predicted molar refractivity (Wildman–Crippen MR) is 63.8 cm³/mol. The summed E-state index contributed by atoms with van der Waals surface area (Å²) in [6.07, 6.45) is 1.07. The largest absolute Gasteiger partial charge is 0.330 e. The van der Waals surface area contributed by atoms with Crippen molar-refractivity contribution in [1.29, 1.82) is 0 Å². The van der Waals surface area contributed by atoms with Gasteiger partial charge in [0, 0.05) is 51.9 Å². The van der Waals surface area contributed by atoms with Crippen LogP contribution in [-0.4, -0.2) is 63.3 Å². The lowest BCUT2D eigenvalue weighted by atomic mass is 10.1. The van der Waals surface area contributed by atoms with Crippen LogP contribution in [0.5, 0.6) is 0 Å². The number of piperazine rings is 1. The van der Waals surface area contributed by atoms with E-state index in [1.54, 1.807) is 0 Å². The molecule has 1 heterocycles. The van der Waals surface area contributed by atoms with Gasteiger partial charge in [0.25, 0.3) is 0 Å². The third kappa shape index (κ3) is 4.90. The summed E-state index contributed by atoms with van der Waals surface area (Å²) >= 11 is 0. The Morgan fingerprint density at radius 1 is 1.20 bits per heavy atom. The molecule has 0 radical (unpaired) electrons. The molecule has 0 aromatic carbocycles. The van der Waals surface area contributed by atoms with Gasteiger partial charge in [0.05, 0.1) is 0 Å². The van der Waals surface area contributed by atoms with Crippen molar-refractivity contribution < 1.29 is 0 Å². The second kappa shape index (κ2) is 8.01. The normalized spacial score (nSPS) is 20.4. The second-order valence-corrected chi connectivity index (χ2v) is 4.01. The van der Waals surface area contributed by atoms with Crippen LogP contribution < -0.4 is 22.1 Å². The Balaban J connectivity index is 2.26. The van der Waals surface area contributed by atoms with Crippen LogP contribution >= 0.6 is 0 Å². The molecule has 0 aromatic rings. The Hall–Kier alpha value is -0.200. The van der Waals surface area contributed by atoms with Crippen LogP contribution in [0.1, 0.15) is 6.42 Å². The lowest BCUT2D eigenvalue weighted by molar-refractivity contribution is 0.163. The van der Waals surface area contributed by atoms with Crippen molar-refractivity contribution in [1.82, 2.24) is 15.5 Å². The molecule has 0 aliphatic carbocycles.